The smallest absolute Gasteiger partial charge is 0.407 e. The summed E-state index contributed by atoms with van der Waals surface area (Å²) in [5.74, 6) is -0.0784. The first kappa shape index (κ1) is 23.6. The van der Waals surface area contributed by atoms with Gasteiger partial charge in [0.2, 0.25) is 0 Å². The molecule has 0 bridgehead atoms. The molecule has 2 atom stereocenters. The Balaban J connectivity index is 1.82. The summed E-state index contributed by atoms with van der Waals surface area (Å²) in [6.45, 7) is 6.99. The minimum Gasteiger partial charge on any atom is -0.465 e. The van der Waals surface area contributed by atoms with Crippen molar-refractivity contribution in [3.05, 3.63) is 29.8 Å². The average molecular weight is 454 g/mol. The van der Waals surface area contributed by atoms with Crippen LogP contribution < -0.4 is 16.4 Å². The molecule has 0 aliphatic carbocycles. The molecule has 33 heavy (non-hydrogen) atoms. The third-order valence-electron chi connectivity index (χ3n) is 5.49. The van der Waals surface area contributed by atoms with E-state index in [1.165, 1.54) is 17.3 Å². The Bertz CT molecular complexity index is 1060. The first-order chi connectivity index (χ1) is 15.6. The summed E-state index contributed by atoms with van der Waals surface area (Å²) in [5.41, 5.74) is 5.74. The fourth-order valence-electron chi connectivity index (χ4n) is 4.27. The lowest BCUT2D eigenvalue weighted by atomic mass is 9.74. The molecule has 0 radical (unpaired) electrons. The maximum absolute atomic E-state index is 11.9. The van der Waals surface area contributed by atoms with Crippen molar-refractivity contribution >= 4 is 29.3 Å². The van der Waals surface area contributed by atoms with E-state index in [4.69, 9.17) is 11.0 Å². The van der Waals surface area contributed by atoms with Crippen LogP contribution >= 0.6 is 0 Å². The Hall–Kier alpha value is -4.01. The molecule has 0 saturated carbocycles. The molecule has 1 saturated heterocycles. The van der Waals surface area contributed by atoms with E-state index in [9.17, 15) is 14.7 Å². The number of amides is 2. The lowest BCUT2D eigenvalue weighted by Gasteiger charge is -2.47. The Morgan fingerprint density at radius 2 is 2.03 bits per heavy atom. The number of carboxylic acid groups (broad SMARTS) is 1. The van der Waals surface area contributed by atoms with E-state index >= 15 is 0 Å². The zero-order valence-corrected chi connectivity index (χ0v) is 18.7. The highest BCUT2D eigenvalue weighted by Crippen LogP contribution is 2.36. The first-order valence-corrected chi connectivity index (χ1v) is 10.5. The predicted octanol–water partition coefficient (Wildman–Crippen LogP) is 2.20. The van der Waals surface area contributed by atoms with Gasteiger partial charge in [0.15, 0.2) is 17.2 Å². The second-order valence-electron chi connectivity index (χ2n) is 8.95. The summed E-state index contributed by atoms with van der Waals surface area (Å²) >= 11 is 0. The largest absolute Gasteiger partial charge is 0.465 e. The van der Waals surface area contributed by atoms with Crippen LogP contribution in [0.1, 0.15) is 49.8 Å². The van der Waals surface area contributed by atoms with Gasteiger partial charge in [-0.1, -0.05) is 20.8 Å². The summed E-state index contributed by atoms with van der Waals surface area (Å²) in [4.78, 5) is 33.2. The highest BCUT2D eigenvalue weighted by atomic mass is 16.4. The van der Waals surface area contributed by atoms with E-state index in [-0.39, 0.29) is 28.8 Å². The van der Waals surface area contributed by atoms with Crippen molar-refractivity contribution < 1.29 is 14.7 Å². The van der Waals surface area contributed by atoms with Crippen LogP contribution in [0.4, 0.5) is 22.1 Å². The van der Waals surface area contributed by atoms with E-state index in [1.54, 1.807) is 6.07 Å². The minimum absolute atomic E-state index is 0.0181. The molecule has 12 nitrogen and oxygen atoms in total. The molecule has 3 heterocycles. The number of nitriles is 1. The molecule has 0 spiro atoms. The molecule has 5 N–H and O–H groups in total. The van der Waals surface area contributed by atoms with E-state index in [2.05, 4.69) is 30.8 Å². The van der Waals surface area contributed by atoms with Crippen LogP contribution in [0.3, 0.4) is 0 Å². The number of piperidine rings is 1. The summed E-state index contributed by atoms with van der Waals surface area (Å²) < 4.78 is 0. The molecule has 2 amide bonds. The van der Waals surface area contributed by atoms with Crippen LogP contribution in [-0.4, -0.2) is 61.3 Å². The molecule has 1 fully saturated rings. The topological polar surface area (TPSA) is 183 Å². The van der Waals surface area contributed by atoms with Crippen molar-refractivity contribution in [1.29, 1.82) is 5.26 Å². The van der Waals surface area contributed by atoms with Crippen molar-refractivity contribution in [3.8, 4) is 6.07 Å². The minimum atomic E-state index is -0.932. The van der Waals surface area contributed by atoms with Crippen LogP contribution in [0.5, 0.6) is 0 Å². The van der Waals surface area contributed by atoms with E-state index in [0.29, 0.717) is 30.4 Å². The molecular weight excluding hydrogens is 426 g/mol. The van der Waals surface area contributed by atoms with Gasteiger partial charge < -0.3 is 26.4 Å². The number of carbonyl (C=O) groups is 2. The van der Waals surface area contributed by atoms with Crippen molar-refractivity contribution in [2.24, 2.45) is 17.1 Å². The second kappa shape index (κ2) is 9.64. The summed E-state index contributed by atoms with van der Waals surface area (Å²) in [6, 6.07) is 3.27. The summed E-state index contributed by atoms with van der Waals surface area (Å²) in [6.07, 6.45) is 3.36. The maximum atomic E-state index is 11.9. The fourth-order valence-corrected chi connectivity index (χ4v) is 4.27. The molecule has 1 aliphatic rings. The van der Waals surface area contributed by atoms with Gasteiger partial charge in [-0.2, -0.15) is 5.26 Å². The number of rotatable bonds is 6. The van der Waals surface area contributed by atoms with Gasteiger partial charge in [0.05, 0.1) is 18.1 Å². The summed E-state index contributed by atoms with van der Waals surface area (Å²) in [7, 11) is 0. The lowest BCUT2D eigenvalue weighted by Crippen LogP contribution is -2.55. The number of nitrogens with zero attached hydrogens (tertiary/aromatic N) is 6. The molecule has 2 aromatic heterocycles. The number of carbonyl (C=O) groups excluding carboxylic acids is 1. The lowest BCUT2D eigenvalue weighted by molar-refractivity contribution is 0.0271. The van der Waals surface area contributed by atoms with Gasteiger partial charge in [-0.25, -0.2) is 14.8 Å². The second-order valence-corrected chi connectivity index (χ2v) is 8.95. The van der Waals surface area contributed by atoms with Crippen molar-refractivity contribution in [3.63, 3.8) is 0 Å². The van der Waals surface area contributed by atoms with Gasteiger partial charge in [0.1, 0.15) is 11.9 Å². The highest BCUT2D eigenvalue weighted by molar-refractivity contribution is 5.96. The van der Waals surface area contributed by atoms with Gasteiger partial charge >= 0.3 is 6.09 Å². The number of hydrogen-bond donors (Lipinski definition) is 4. The predicted molar refractivity (Wildman–Crippen MR) is 120 cm³/mol. The Labute approximate surface area is 191 Å². The van der Waals surface area contributed by atoms with Crippen LogP contribution in [-0.2, 0) is 0 Å². The summed E-state index contributed by atoms with van der Waals surface area (Å²) in [5, 5.41) is 32.6. The van der Waals surface area contributed by atoms with Crippen LogP contribution in [0.25, 0.3) is 0 Å². The normalized spacial score (nSPS) is 18.3. The number of aromatic nitrogens is 4. The Morgan fingerprint density at radius 3 is 2.61 bits per heavy atom. The van der Waals surface area contributed by atoms with Crippen molar-refractivity contribution in [1.82, 2.24) is 25.1 Å². The third kappa shape index (κ3) is 5.62. The molecule has 3 rings (SSSR count). The Kier molecular flexibility index (Phi) is 6.91. The molecular formula is C21H27N9O3. The van der Waals surface area contributed by atoms with E-state index in [0.717, 1.165) is 12.8 Å². The quantitative estimate of drug-likeness (QED) is 0.505. The van der Waals surface area contributed by atoms with Gasteiger partial charge in [0.25, 0.3) is 5.91 Å². The van der Waals surface area contributed by atoms with Crippen molar-refractivity contribution in [2.75, 3.05) is 23.7 Å². The first-order valence-electron chi connectivity index (χ1n) is 10.5. The van der Waals surface area contributed by atoms with Crippen LogP contribution in [0.15, 0.2) is 18.5 Å². The number of nitrogens with one attached hydrogen (secondary N) is 2. The standard InChI is InChI=1S/C21H27N9O3/c1-21(2,3)18-12(5-4-6-30(18)20(32)33)9-25-14-7-15(28-29-17(14)19(23)31)27-16-11-24-13(8-22)10-26-16/h7,10-12,18H,4-6,9H2,1-3H3,(H2,23,31)(H,32,33)(H2,25,26,27,28). The number of nitrogens with two attached hydrogens (primary N) is 1. The van der Waals surface area contributed by atoms with Crippen molar-refractivity contribution in [2.45, 2.75) is 39.7 Å². The number of anilines is 3. The average Bonchev–Trinajstić information content (AvgIpc) is 2.77. The van der Waals surface area contributed by atoms with Gasteiger partial charge in [0, 0.05) is 25.2 Å². The molecule has 12 heteroatoms. The van der Waals surface area contributed by atoms with Crippen LogP contribution in [0, 0.1) is 22.7 Å². The maximum Gasteiger partial charge on any atom is 0.407 e. The fraction of sp³-hybridized carbons (Fsp3) is 0.476. The van der Waals surface area contributed by atoms with Gasteiger partial charge in [-0.05, 0) is 24.2 Å². The SMILES string of the molecule is CC(C)(C)C1C(CNc2cc(Nc3cnc(C#N)cn3)nnc2C(N)=O)CCCN1C(=O)O. The molecule has 174 valence electrons. The molecule has 1 aliphatic heterocycles. The number of hydrogen-bond acceptors (Lipinski definition) is 9. The van der Waals surface area contributed by atoms with Gasteiger partial charge in [-0.3, -0.25) is 4.79 Å². The monoisotopic (exact) mass is 453 g/mol. The number of primary amides is 1. The molecule has 0 aromatic carbocycles. The zero-order chi connectivity index (χ0) is 24.2. The third-order valence-corrected chi connectivity index (χ3v) is 5.49. The van der Waals surface area contributed by atoms with Crippen LogP contribution in [0.2, 0.25) is 0 Å². The van der Waals surface area contributed by atoms with E-state index in [1.807, 2.05) is 26.8 Å². The Morgan fingerprint density at radius 1 is 1.27 bits per heavy atom. The zero-order valence-electron chi connectivity index (χ0n) is 18.7. The highest BCUT2D eigenvalue weighted by Gasteiger charge is 2.41. The van der Waals surface area contributed by atoms with E-state index < -0.39 is 12.0 Å². The van der Waals surface area contributed by atoms with Gasteiger partial charge in [-0.15, -0.1) is 10.2 Å². The number of likely N-dealkylation sites (tertiary alicyclic amines) is 1. The molecule has 2 aromatic rings. The molecule has 2 unspecified atom stereocenters.